The van der Waals surface area contributed by atoms with Gasteiger partial charge in [-0.2, -0.15) is 0 Å². The predicted octanol–water partition coefficient (Wildman–Crippen LogP) is 7.80. The fourth-order valence-corrected chi connectivity index (χ4v) is 4.78. The molecule has 6 aromatic carbocycles. The number of benzene rings is 6. The predicted molar refractivity (Wildman–Crippen MR) is 160 cm³/mol. The lowest BCUT2D eigenvalue weighted by Gasteiger charge is -2.20. The number of phenolic OH excluding ortho intramolecular Hbond substituents is 2. The van der Waals surface area contributed by atoms with E-state index in [2.05, 4.69) is 5.92 Å². The molecule has 0 aliphatic heterocycles. The number of hydrogen-bond acceptors (Lipinski definition) is 6. The van der Waals surface area contributed by atoms with E-state index in [4.69, 9.17) is 27.4 Å². The first-order valence-electron chi connectivity index (χ1n) is 12.5. The topological polar surface area (TPSA) is 111 Å². The van der Waals surface area contributed by atoms with Crippen LogP contribution >= 0.6 is 0 Å². The second-order valence-electron chi connectivity index (χ2n) is 9.32. The Balaban J connectivity index is 1.64. The summed E-state index contributed by atoms with van der Waals surface area (Å²) < 4.78 is 12.8. The Hall–Kier alpha value is -5.80. The van der Waals surface area contributed by atoms with Crippen LogP contribution in [-0.4, -0.2) is 10.2 Å². The third-order valence-corrected chi connectivity index (χ3v) is 6.74. The maximum atomic E-state index is 9.93. The van der Waals surface area contributed by atoms with Crippen LogP contribution in [0.15, 0.2) is 103 Å². The Kier molecular flexibility index (Phi) is 6.02. The lowest BCUT2D eigenvalue weighted by molar-refractivity contribution is 0.465. The van der Waals surface area contributed by atoms with Gasteiger partial charge in [-0.1, -0.05) is 48.4 Å². The zero-order chi connectivity index (χ0) is 27.8. The normalized spacial score (nSPS) is 10.9. The van der Waals surface area contributed by atoms with Crippen LogP contribution in [0.5, 0.6) is 34.5 Å². The number of nitrogen functional groups attached to an aromatic ring is 2. The van der Waals surface area contributed by atoms with E-state index in [1.807, 2.05) is 66.7 Å². The van der Waals surface area contributed by atoms with Crippen molar-refractivity contribution in [3.05, 3.63) is 109 Å². The molecular weight excluding hydrogens is 500 g/mol. The minimum Gasteiger partial charge on any atom is -0.506 e. The van der Waals surface area contributed by atoms with Gasteiger partial charge in [0.1, 0.15) is 34.5 Å². The standard InChI is InChI=1S/C34H24N2O4/c1-2-20-7-12-26-22(17-20)9-16-32(40-24-11-14-30(38)28(36)19-24)34(26)33-25-6-4-3-5-21(25)8-15-31(33)39-23-10-13-29(37)27(35)18-23/h1,3-19,37-38H,35-36H2. The van der Waals surface area contributed by atoms with E-state index in [1.54, 1.807) is 24.3 Å². The second-order valence-corrected chi connectivity index (χ2v) is 9.32. The summed E-state index contributed by atoms with van der Waals surface area (Å²) in [7, 11) is 0. The molecular formula is C34H24N2O4. The van der Waals surface area contributed by atoms with Crippen LogP contribution in [0.1, 0.15) is 5.56 Å². The lowest BCUT2D eigenvalue weighted by Crippen LogP contribution is -1.96. The molecule has 0 aliphatic rings. The summed E-state index contributed by atoms with van der Waals surface area (Å²) in [5, 5.41) is 23.6. The number of terminal acetylenes is 1. The van der Waals surface area contributed by atoms with Crippen LogP contribution in [0.4, 0.5) is 11.4 Å². The van der Waals surface area contributed by atoms with Crippen molar-refractivity contribution >= 4 is 32.9 Å². The van der Waals surface area contributed by atoms with E-state index >= 15 is 0 Å². The van der Waals surface area contributed by atoms with Gasteiger partial charge in [-0.3, -0.25) is 0 Å². The van der Waals surface area contributed by atoms with E-state index in [-0.39, 0.29) is 22.9 Å². The van der Waals surface area contributed by atoms with E-state index in [0.717, 1.165) is 38.2 Å². The largest absolute Gasteiger partial charge is 0.506 e. The Bertz CT molecular complexity index is 1970. The molecule has 0 fully saturated rings. The van der Waals surface area contributed by atoms with Gasteiger partial charge in [0.05, 0.1) is 11.4 Å². The number of aromatic hydroxyl groups is 2. The van der Waals surface area contributed by atoms with E-state index in [1.165, 1.54) is 12.1 Å². The molecule has 194 valence electrons. The SMILES string of the molecule is C#Cc1ccc2c(-c3c(Oc4ccc(O)c(N)c4)ccc4ccccc34)c(Oc3ccc(O)c(N)c3)ccc2c1. The van der Waals surface area contributed by atoms with Crippen molar-refractivity contribution in [2.75, 3.05) is 11.5 Å². The molecule has 0 saturated carbocycles. The zero-order valence-corrected chi connectivity index (χ0v) is 21.3. The van der Waals surface area contributed by atoms with Gasteiger partial charge < -0.3 is 31.2 Å². The molecule has 40 heavy (non-hydrogen) atoms. The average molecular weight is 525 g/mol. The average Bonchev–Trinajstić information content (AvgIpc) is 2.97. The molecule has 0 bridgehead atoms. The molecule has 6 rings (SSSR count). The maximum absolute atomic E-state index is 9.93. The van der Waals surface area contributed by atoms with Crippen molar-refractivity contribution < 1.29 is 19.7 Å². The van der Waals surface area contributed by atoms with Gasteiger partial charge in [0, 0.05) is 28.8 Å². The molecule has 6 N–H and O–H groups in total. The summed E-state index contributed by atoms with van der Waals surface area (Å²) in [6.07, 6.45) is 5.70. The monoisotopic (exact) mass is 524 g/mol. The van der Waals surface area contributed by atoms with Crippen molar-refractivity contribution in [3.63, 3.8) is 0 Å². The first-order chi connectivity index (χ1) is 19.4. The Morgan fingerprint density at radius 1 is 0.575 bits per heavy atom. The Morgan fingerprint density at radius 2 is 1.12 bits per heavy atom. The molecule has 6 aromatic rings. The van der Waals surface area contributed by atoms with Crippen molar-refractivity contribution in [2.24, 2.45) is 0 Å². The highest BCUT2D eigenvalue weighted by Crippen LogP contribution is 2.48. The quantitative estimate of drug-likeness (QED) is 0.104. The summed E-state index contributed by atoms with van der Waals surface area (Å²) >= 11 is 0. The van der Waals surface area contributed by atoms with Crippen molar-refractivity contribution in [1.29, 1.82) is 0 Å². The molecule has 6 nitrogen and oxygen atoms in total. The summed E-state index contributed by atoms with van der Waals surface area (Å²) in [5.74, 6) is 4.71. The van der Waals surface area contributed by atoms with Crippen molar-refractivity contribution in [3.8, 4) is 58.0 Å². The molecule has 0 unspecified atom stereocenters. The van der Waals surface area contributed by atoms with Crippen LogP contribution < -0.4 is 20.9 Å². The molecule has 0 amide bonds. The summed E-state index contributed by atoms with van der Waals surface area (Å²) in [5.41, 5.74) is 14.7. The first kappa shape index (κ1) is 24.5. The van der Waals surface area contributed by atoms with Gasteiger partial charge in [0.15, 0.2) is 0 Å². The summed E-state index contributed by atoms with van der Waals surface area (Å²) in [4.78, 5) is 0. The maximum Gasteiger partial charge on any atom is 0.138 e. The van der Waals surface area contributed by atoms with Gasteiger partial charge in [-0.25, -0.2) is 0 Å². The van der Waals surface area contributed by atoms with E-state index in [9.17, 15) is 10.2 Å². The Morgan fingerprint density at radius 3 is 1.70 bits per heavy atom. The highest BCUT2D eigenvalue weighted by molar-refractivity contribution is 6.10. The fourth-order valence-electron chi connectivity index (χ4n) is 4.78. The third kappa shape index (κ3) is 4.42. The number of rotatable bonds is 5. The number of hydrogen-bond donors (Lipinski definition) is 4. The zero-order valence-electron chi connectivity index (χ0n) is 21.3. The molecule has 0 saturated heterocycles. The molecule has 6 heteroatoms. The number of phenols is 2. The minimum absolute atomic E-state index is 0.0201. The molecule has 0 spiro atoms. The number of nitrogens with two attached hydrogens (primary N) is 2. The van der Waals surface area contributed by atoms with Crippen LogP contribution in [0, 0.1) is 12.3 Å². The highest BCUT2D eigenvalue weighted by atomic mass is 16.5. The fraction of sp³-hybridized carbons (Fsp3) is 0. The van der Waals surface area contributed by atoms with Crippen molar-refractivity contribution in [1.82, 2.24) is 0 Å². The lowest BCUT2D eigenvalue weighted by atomic mass is 9.91. The van der Waals surface area contributed by atoms with Crippen LogP contribution in [0.25, 0.3) is 32.7 Å². The summed E-state index contributed by atoms with van der Waals surface area (Å²) in [6, 6.07) is 31.0. The van der Waals surface area contributed by atoms with Gasteiger partial charge in [0.25, 0.3) is 0 Å². The van der Waals surface area contributed by atoms with Crippen LogP contribution in [0.3, 0.4) is 0 Å². The van der Waals surface area contributed by atoms with E-state index < -0.39 is 0 Å². The van der Waals surface area contributed by atoms with Gasteiger partial charge in [-0.15, -0.1) is 6.42 Å². The highest BCUT2D eigenvalue weighted by Gasteiger charge is 2.21. The number of ether oxygens (including phenoxy) is 2. The molecule has 0 heterocycles. The van der Waals surface area contributed by atoms with Crippen LogP contribution in [0.2, 0.25) is 0 Å². The first-order valence-corrected chi connectivity index (χ1v) is 12.5. The minimum atomic E-state index is -0.0224. The molecule has 0 aromatic heterocycles. The van der Waals surface area contributed by atoms with E-state index in [0.29, 0.717) is 23.0 Å². The van der Waals surface area contributed by atoms with Crippen LogP contribution in [-0.2, 0) is 0 Å². The Labute approximate surface area is 230 Å². The summed E-state index contributed by atoms with van der Waals surface area (Å²) in [6.45, 7) is 0. The van der Waals surface area contributed by atoms with Gasteiger partial charge >= 0.3 is 0 Å². The molecule has 0 radical (unpaired) electrons. The van der Waals surface area contributed by atoms with Gasteiger partial charge in [0.2, 0.25) is 0 Å². The number of anilines is 2. The third-order valence-electron chi connectivity index (χ3n) is 6.74. The van der Waals surface area contributed by atoms with Crippen molar-refractivity contribution in [2.45, 2.75) is 0 Å². The number of fused-ring (bicyclic) bond motifs is 2. The van der Waals surface area contributed by atoms with Gasteiger partial charge in [-0.05, 0) is 70.1 Å². The molecule has 0 aliphatic carbocycles. The smallest absolute Gasteiger partial charge is 0.138 e. The second kappa shape index (κ2) is 9.82. The molecule has 0 atom stereocenters.